The third-order valence-corrected chi connectivity index (χ3v) is 3.27. The first-order chi connectivity index (χ1) is 7.55. The number of aliphatic imine (C=N–C) groups is 1. The molecule has 0 aliphatic heterocycles. The number of nitrogens with zero attached hydrogens (tertiary/aromatic N) is 1. The molecule has 0 amide bonds. The van der Waals surface area contributed by atoms with E-state index in [4.69, 9.17) is 22.3 Å². The molecule has 0 saturated carbocycles. The maximum atomic E-state index is 11.6. The topological polar surface area (TPSA) is 145 Å². The first-order valence-corrected chi connectivity index (χ1v) is 5.14. The number of ketones is 1. The Morgan fingerprint density at radius 2 is 1.76 bits per heavy atom. The number of nitrogens with two attached hydrogens (primary N) is 3. The second-order valence-electron chi connectivity index (χ2n) is 4.45. The van der Waals surface area contributed by atoms with E-state index in [0.717, 1.165) is 0 Å². The fourth-order valence-corrected chi connectivity index (χ4v) is 1.45. The van der Waals surface area contributed by atoms with Gasteiger partial charge in [0.2, 0.25) is 0 Å². The van der Waals surface area contributed by atoms with E-state index >= 15 is 0 Å². The van der Waals surface area contributed by atoms with E-state index in [2.05, 4.69) is 4.99 Å². The van der Waals surface area contributed by atoms with Gasteiger partial charge in [0.25, 0.3) is 0 Å². The van der Waals surface area contributed by atoms with Gasteiger partial charge in [-0.1, -0.05) is 6.92 Å². The molecule has 98 valence electrons. The number of hydrogen-bond donors (Lipinski definition) is 4. The van der Waals surface area contributed by atoms with E-state index < -0.39 is 16.9 Å². The number of hydrogen-bond acceptors (Lipinski definition) is 4. The van der Waals surface area contributed by atoms with E-state index in [1.807, 2.05) is 0 Å². The lowest BCUT2D eigenvalue weighted by atomic mass is 9.67. The van der Waals surface area contributed by atoms with Crippen LogP contribution in [0.4, 0.5) is 0 Å². The summed E-state index contributed by atoms with van der Waals surface area (Å²) in [6, 6.07) is 0. The highest BCUT2D eigenvalue weighted by Gasteiger charge is 2.50. The van der Waals surface area contributed by atoms with Crippen LogP contribution in [0.2, 0.25) is 0 Å². The quantitative estimate of drug-likeness (QED) is 0.350. The molecule has 0 spiro atoms. The standard InChI is InChI=1S/C10H20N4O3/c1-6(15)9(2,4-5-14-8(11)12)10(3,13)7(16)17/h4-5,13H2,1-3H3,(H,16,17)(H4,11,12,14). The van der Waals surface area contributed by atoms with Crippen molar-refractivity contribution in [3.05, 3.63) is 0 Å². The van der Waals surface area contributed by atoms with Crippen molar-refractivity contribution < 1.29 is 14.7 Å². The van der Waals surface area contributed by atoms with Crippen LogP contribution in [0.5, 0.6) is 0 Å². The Kier molecular flexibility index (Phi) is 4.64. The molecule has 0 heterocycles. The van der Waals surface area contributed by atoms with Gasteiger partial charge in [-0.25, -0.2) is 0 Å². The predicted octanol–water partition coefficient (Wildman–Crippen LogP) is -0.953. The van der Waals surface area contributed by atoms with Gasteiger partial charge in [-0.3, -0.25) is 14.6 Å². The van der Waals surface area contributed by atoms with Gasteiger partial charge < -0.3 is 22.3 Å². The van der Waals surface area contributed by atoms with Crippen molar-refractivity contribution in [2.75, 3.05) is 6.54 Å². The van der Waals surface area contributed by atoms with Crippen molar-refractivity contribution in [3.8, 4) is 0 Å². The average Bonchev–Trinajstić information content (AvgIpc) is 2.15. The minimum atomic E-state index is -1.67. The molecule has 0 aromatic carbocycles. The molecule has 0 radical (unpaired) electrons. The van der Waals surface area contributed by atoms with E-state index in [1.54, 1.807) is 0 Å². The average molecular weight is 244 g/mol. The highest BCUT2D eigenvalue weighted by Crippen LogP contribution is 2.34. The number of guanidine groups is 1. The smallest absolute Gasteiger partial charge is 0.324 e. The molecule has 2 unspecified atom stereocenters. The molecule has 0 aliphatic carbocycles. The Labute approximate surface area is 100 Å². The Bertz CT molecular complexity index is 347. The van der Waals surface area contributed by atoms with Crippen molar-refractivity contribution in [1.29, 1.82) is 0 Å². The van der Waals surface area contributed by atoms with Gasteiger partial charge in [-0.15, -0.1) is 0 Å². The van der Waals surface area contributed by atoms with Crippen molar-refractivity contribution in [1.82, 2.24) is 0 Å². The summed E-state index contributed by atoms with van der Waals surface area (Å²) < 4.78 is 0. The molecule has 0 aromatic heterocycles. The van der Waals surface area contributed by atoms with Crippen molar-refractivity contribution in [3.63, 3.8) is 0 Å². The number of carboxylic acid groups (broad SMARTS) is 1. The molecule has 7 N–H and O–H groups in total. The molecule has 7 nitrogen and oxygen atoms in total. The lowest BCUT2D eigenvalue weighted by molar-refractivity contribution is -0.152. The Hall–Kier alpha value is -1.63. The fourth-order valence-electron chi connectivity index (χ4n) is 1.45. The number of Topliss-reactive ketones (excluding diaryl/α,β-unsaturated/α-hetero) is 1. The summed E-state index contributed by atoms with van der Waals surface area (Å²) >= 11 is 0. The first-order valence-electron chi connectivity index (χ1n) is 5.14. The lowest BCUT2D eigenvalue weighted by Gasteiger charge is -2.38. The Balaban J connectivity index is 5.12. The van der Waals surface area contributed by atoms with E-state index in [0.29, 0.717) is 0 Å². The fraction of sp³-hybridized carbons (Fsp3) is 0.700. The van der Waals surface area contributed by atoms with Crippen LogP contribution in [0.3, 0.4) is 0 Å². The van der Waals surface area contributed by atoms with Gasteiger partial charge in [0, 0.05) is 6.54 Å². The first kappa shape index (κ1) is 15.4. The zero-order chi connectivity index (χ0) is 13.9. The van der Waals surface area contributed by atoms with Gasteiger partial charge in [-0.05, 0) is 20.3 Å². The van der Waals surface area contributed by atoms with Crippen LogP contribution < -0.4 is 17.2 Å². The lowest BCUT2D eigenvalue weighted by Crippen LogP contribution is -2.60. The highest BCUT2D eigenvalue weighted by molar-refractivity contribution is 5.92. The number of aliphatic carboxylic acids is 1. The molecule has 2 atom stereocenters. The summed E-state index contributed by atoms with van der Waals surface area (Å²) in [5, 5.41) is 9.07. The molecule has 7 heteroatoms. The van der Waals surface area contributed by atoms with Gasteiger partial charge >= 0.3 is 5.97 Å². The SMILES string of the molecule is CC(=O)C(C)(CCN=C(N)N)C(C)(N)C(=O)O. The van der Waals surface area contributed by atoms with Crippen LogP contribution in [-0.2, 0) is 9.59 Å². The molecule has 0 aromatic rings. The largest absolute Gasteiger partial charge is 0.480 e. The predicted molar refractivity (Wildman–Crippen MR) is 64.3 cm³/mol. The molecule has 0 saturated heterocycles. The van der Waals surface area contributed by atoms with E-state index in [9.17, 15) is 9.59 Å². The number of carbonyl (C=O) groups excluding carboxylic acids is 1. The Morgan fingerprint density at radius 1 is 1.29 bits per heavy atom. The van der Waals surface area contributed by atoms with Crippen LogP contribution in [0.25, 0.3) is 0 Å². The number of carboxylic acids is 1. The third-order valence-electron chi connectivity index (χ3n) is 3.27. The molecule has 0 bridgehead atoms. The second-order valence-corrected chi connectivity index (χ2v) is 4.45. The summed E-state index contributed by atoms with van der Waals surface area (Å²) in [5.41, 5.74) is 13.2. The number of carbonyl (C=O) groups is 2. The summed E-state index contributed by atoms with van der Waals surface area (Å²) in [7, 11) is 0. The zero-order valence-corrected chi connectivity index (χ0v) is 10.4. The van der Waals surface area contributed by atoms with Crippen LogP contribution >= 0.6 is 0 Å². The second kappa shape index (κ2) is 5.13. The molecule has 0 aliphatic rings. The van der Waals surface area contributed by atoms with Crippen LogP contribution in [0, 0.1) is 5.41 Å². The molecule has 0 rings (SSSR count). The normalized spacial score (nSPS) is 17.6. The van der Waals surface area contributed by atoms with Gasteiger partial charge in [0.05, 0.1) is 5.41 Å². The highest BCUT2D eigenvalue weighted by atomic mass is 16.4. The zero-order valence-electron chi connectivity index (χ0n) is 10.4. The number of rotatable bonds is 6. The summed E-state index contributed by atoms with van der Waals surface area (Å²) in [5.74, 6) is -1.65. The van der Waals surface area contributed by atoms with Crippen LogP contribution in [-0.4, -0.2) is 34.9 Å². The minimum Gasteiger partial charge on any atom is -0.480 e. The molecule has 17 heavy (non-hydrogen) atoms. The summed E-state index contributed by atoms with van der Waals surface area (Å²) in [6.07, 6.45) is 0.166. The van der Waals surface area contributed by atoms with Crippen LogP contribution in [0.15, 0.2) is 4.99 Å². The molecular weight excluding hydrogens is 224 g/mol. The van der Waals surface area contributed by atoms with Crippen molar-refractivity contribution >= 4 is 17.7 Å². The maximum absolute atomic E-state index is 11.6. The Morgan fingerprint density at radius 3 is 2.06 bits per heavy atom. The van der Waals surface area contributed by atoms with Gasteiger partial charge in [-0.2, -0.15) is 0 Å². The van der Waals surface area contributed by atoms with Crippen molar-refractivity contribution in [2.24, 2.45) is 27.6 Å². The van der Waals surface area contributed by atoms with E-state index in [-0.39, 0.29) is 24.7 Å². The minimum absolute atomic E-state index is 0.107. The monoisotopic (exact) mass is 244 g/mol. The molecule has 0 fully saturated rings. The van der Waals surface area contributed by atoms with Crippen LogP contribution in [0.1, 0.15) is 27.2 Å². The molecular formula is C10H20N4O3. The van der Waals surface area contributed by atoms with Gasteiger partial charge in [0.15, 0.2) is 5.96 Å². The summed E-state index contributed by atoms with van der Waals surface area (Å²) in [6.45, 7) is 4.28. The van der Waals surface area contributed by atoms with Crippen molar-refractivity contribution in [2.45, 2.75) is 32.7 Å². The third kappa shape index (κ3) is 3.16. The maximum Gasteiger partial charge on any atom is 0.324 e. The van der Waals surface area contributed by atoms with E-state index in [1.165, 1.54) is 20.8 Å². The van der Waals surface area contributed by atoms with Gasteiger partial charge in [0.1, 0.15) is 11.3 Å². The summed E-state index contributed by atoms with van der Waals surface area (Å²) in [4.78, 5) is 26.5.